The number of benzene rings is 1. The first-order valence-corrected chi connectivity index (χ1v) is 6.45. The Kier molecular flexibility index (Phi) is 3.86. The predicted octanol–water partition coefficient (Wildman–Crippen LogP) is 1.70. The van der Waals surface area contributed by atoms with E-state index in [2.05, 4.69) is 26.4 Å². The summed E-state index contributed by atoms with van der Waals surface area (Å²) in [5.74, 6) is 0.109. The molecule has 1 amide bonds. The van der Waals surface area contributed by atoms with E-state index in [0.29, 0.717) is 5.56 Å². The van der Waals surface area contributed by atoms with Crippen LogP contribution in [0.25, 0.3) is 0 Å². The molecule has 0 radical (unpaired) electrons. The van der Waals surface area contributed by atoms with Crippen molar-refractivity contribution < 1.29 is 10.0 Å². The van der Waals surface area contributed by atoms with Crippen molar-refractivity contribution in [2.24, 2.45) is 16.8 Å². The van der Waals surface area contributed by atoms with Crippen LogP contribution in [0.2, 0.25) is 0 Å². The third-order valence-corrected chi connectivity index (χ3v) is 3.39. The molecule has 0 aliphatic heterocycles. The van der Waals surface area contributed by atoms with Gasteiger partial charge in [0.15, 0.2) is 5.84 Å². The van der Waals surface area contributed by atoms with Crippen LogP contribution in [0.1, 0.15) is 23.2 Å². The molecule has 1 aromatic carbocycles. The largest absolute Gasteiger partial charge is 0.409 e. The van der Waals surface area contributed by atoms with E-state index < -0.39 is 0 Å². The number of rotatable bonds is 4. The molecule has 5 nitrogen and oxygen atoms in total. The van der Waals surface area contributed by atoms with Crippen LogP contribution in [0, 0.1) is 5.92 Å². The molecule has 0 heterocycles. The highest BCUT2D eigenvalue weighted by atomic mass is 79.9. The van der Waals surface area contributed by atoms with Crippen molar-refractivity contribution in [2.75, 3.05) is 0 Å². The Morgan fingerprint density at radius 2 is 2.28 bits per heavy atom. The molecule has 1 aromatic rings. The quantitative estimate of drug-likeness (QED) is 0.342. The summed E-state index contributed by atoms with van der Waals surface area (Å²) < 4.78 is 0.835. The standard InChI is InChI=1S/C12H14BrN3O2/c13-9-3-1-2-8(6-9)12(17)15-10(7-4-5-7)11(14)16-18/h1-3,6-7,10,18H,4-5H2,(H2,14,16)(H,15,17). The highest BCUT2D eigenvalue weighted by Gasteiger charge is 2.35. The summed E-state index contributed by atoms with van der Waals surface area (Å²) in [4.78, 5) is 12.0. The van der Waals surface area contributed by atoms with Gasteiger partial charge in [-0.15, -0.1) is 0 Å². The average molecular weight is 312 g/mol. The van der Waals surface area contributed by atoms with Gasteiger partial charge in [0.25, 0.3) is 5.91 Å². The molecule has 0 saturated heterocycles. The summed E-state index contributed by atoms with van der Waals surface area (Å²) in [6, 6.07) is 6.69. The molecule has 1 aliphatic rings. The van der Waals surface area contributed by atoms with Crippen molar-refractivity contribution in [1.82, 2.24) is 5.32 Å². The van der Waals surface area contributed by atoms with Gasteiger partial charge in [0.05, 0.1) is 6.04 Å². The molecule has 0 bridgehead atoms. The molecule has 2 rings (SSSR count). The lowest BCUT2D eigenvalue weighted by Gasteiger charge is -2.16. The molecule has 1 unspecified atom stereocenters. The number of hydrogen-bond donors (Lipinski definition) is 3. The number of halogens is 1. The smallest absolute Gasteiger partial charge is 0.251 e. The lowest BCUT2D eigenvalue weighted by Crippen LogP contribution is -2.46. The van der Waals surface area contributed by atoms with Crippen molar-refractivity contribution in [3.05, 3.63) is 34.3 Å². The van der Waals surface area contributed by atoms with Crippen LogP contribution in [0.3, 0.4) is 0 Å². The fraction of sp³-hybridized carbons (Fsp3) is 0.333. The fourth-order valence-corrected chi connectivity index (χ4v) is 2.18. The Bertz CT molecular complexity index is 486. The molecule has 6 heteroatoms. The number of hydrogen-bond acceptors (Lipinski definition) is 3. The van der Waals surface area contributed by atoms with Crippen LogP contribution >= 0.6 is 15.9 Å². The molecule has 96 valence electrons. The lowest BCUT2D eigenvalue weighted by molar-refractivity contribution is 0.0943. The highest BCUT2D eigenvalue weighted by Crippen LogP contribution is 2.32. The second-order valence-corrected chi connectivity index (χ2v) is 5.24. The normalized spacial score (nSPS) is 17.3. The van der Waals surface area contributed by atoms with E-state index in [0.717, 1.165) is 17.3 Å². The number of nitrogens with zero attached hydrogens (tertiary/aromatic N) is 1. The van der Waals surface area contributed by atoms with Crippen LogP contribution in [0.4, 0.5) is 0 Å². The Hall–Kier alpha value is -1.56. The minimum absolute atomic E-state index is 0.0563. The highest BCUT2D eigenvalue weighted by molar-refractivity contribution is 9.10. The number of amides is 1. The Morgan fingerprint density at radius 1 is 1.56 bits per heavy atom. The van der Waals surface area contributed by atoms with Crippen molar-refractivity contribution in [3.63, 3.8) is 0 Å². The maximum Gasteiger partial charge on any atom is 0.251 e. The average Bonchev–Trinajstić information content (AvgIpc) is 3.19. The molecular weight excluding hydrogens is 298 g/mol. The molecule has 18 heavy (non-hydrogen) atoms. The summed E-state index contributed by atoms with van der Waals surface area (Å²) in [5, 5.41) is 14.5. The molecule has 1 aliphatic carbocycles. The zero-order valence-corrected chi connectivity index (χ0v) is 11.2. The van der Waals surface area contributed by atoms with E-state index in [1.54, 1.807) is 18.2 Å². The van der Waals surface area contributed by atoms with Gasteiger partial charge in [0, 0.05) is 10.0 Å². The molecule has 1 atom stereocenters. The zero-order chi connectivity index (χ0) is 13.1. The van der Waals surface area contributed by atoms with Crippen molar-refractivity contribution in [1.29, 1.82) is 0 Å². The predicted molar refractivity (Wildman–Crippen MR) is 71.5 cm³/mol. The summed E-state index contributed by atoms with van der Waals surface area (Å²) in [5.41, 5.74) is 6.13. The summed E-state index contributed by atoms with van der Waals surface area (Å²) in [6.45, 7) is 0. The van der Waals surface area contributed by atoms with Gasteiger partial charge in [-0.05, 0) is 37.0 Å². The first-order chi connectivity index (χ1) is 8.61. The van der Waals surface area contributed by atoms with Gasteiger partial charge < -0.3 is 16.3 Å². The van der Waals surface area contributed by atoms with Crippen LogP contribution in [0.5, 0.6) is 0 Å². The SMILES string of the molecule is NC(=NO)C(NC(=O)c1cccc(Br)c1)C1CC1. The molecule has 1 fully saturated rings. The number of nitrogens with one attached hydrogen (secondary N) is 1. The molecule has 4 N–H and O–H groups in total. The minimum atomic E-state index is -0.388. The summed E-state index contributed by atoms with van der Waals surface area (Å²) in [6.07, 6.45) is 1.97. The Balaban J connectivity index is 2.10. The van der Waals surface area contributed by atoms with Gasteiger partial charge in [0.2, 0.25) is 0 Å². The number of carbonyl (C=O) groups excluding carboxylic acids is 1. The van der Waals surface area contributed by atoms with E-state index >= 15 is 0 Å². The fourth-order valence-electron chi connectivity index (χ4n) is 1.78. The summed E-state index contributed by atoms with van der Waals surface area (Å²) >= 11 is 3.31. The van der Waals surface area contributed by atoms with Gasteiger partial charge in [0.1, 0.15) is 0 Å². The second-order valence-electron chi connectivity index (χ2n) is 4.32. The first-order valence-electron chi connectivity index (χ1n) is 5.65. The third-order valence-electron chi connectivity index (χ3n) is 2.90. The maximum atomic E-state index is 12.0. The van der Waals surface area contributed by atoms with Crippen LogP contribution in [-0.4, -0.2) is 23.0 Å². The molecule has 1 saturated carbocycles. The maximum absolute atomic E-state index is 12.0. The van der Waals surface area contributed by atoms with Gasteiger partial charge in [-0.1, -0.05) is 27.2 Å². The number of amidine groups is 1. The van der Waals surface area contributed by atoms with Crippen molar-refractivity contribution in [2.45, 2.75) is 18.9 Å². The van der Waals surface area contributed by atoms with E-state index in [1.165, 1.54) is 0 Å². The third kappa shape index (κ3) is 3.01. The second kappa shape index (κ2) is 5.39. The molecule has 0 aromatic heterocycles. The minimum Gasteiger partial charge on any atom is -0.409 e. The van der Waals surface area contributed by atoms with Crippen molar-refractivity contribution in [3.8, 4) is 0 Å². The van der Waals surface area contributed by atoms with E-state index in [4.69, 9.17) is 10.9 Å². The van der Waals surface area contributed by atoms with E-state index in [1.807, 2.05) is 6.07 Å². The number of oxime groups is 1. The topological polar surface area (TPSA) is 87.7 Å². The van der Waals surface area contributed by atoms with E-state index in [-0.39, 0.29) is 23.7 Å². The lowest BCUT2D eigenvalue weighted by atomic mass is 10.1. The van der Waals surface area contributed by atoms with Crippen molar-refractivity contribution >= 4 is 27.7 Å². The van der Waals surface area contributed by atoms with Crippen LogP contribution in [0.15, 0.2) is 33.9 Å². The monoisotopic (exact) mass is 311 g/mol. The van der Waals surface area contributed by atoms with E-state index in [9.17, 15) is 4.79 Å². The zero-order valence-electron chi connectivity index (χ0n) is 9.64. The number of carbonyl (C=O) groups is 1. The summed E-state index contributed by atoms with van der Waals surface area (Å²) in [7, 11) is 0. The molecular formula is C12H14BrN3O2. The van der Waals surface area contributed by atoms with Gasteiger partial charge >= 0.3 is 0 Å². The Labute approximate surface area is 113 Å². The van der Waals surface area contributed by atoms with Gasteiger partial charge in [-0.2, -0.15) is 0 Å². The Morgan fingerprint density at radius 3 is 2.83 bits per heavy atom. The first kappa shape index (κ1) is 12.9. The number of nitrogens with two attached hydrogens (primary N) is 1. The van der Waals surface area contributed by atoms with Gasteiger partial charge in [-0.3, -0.25) is 4.79 Å². The van der Waals surface area contributed by atoms with Crippen LogP contribution in [-0.2, 0) is 0 Å². The van der Waals surface area contributed by atoms with Crippen LogP contribution < -0.4 is 11.1 Å². The molecule has 0 spiro atoms. The van der Waals surface area contributed by atoms with Gasteiger partial charge in [-0.25, -0.2) is 0 Å².